The molecule has 0 fully saturated rings. The Morgan fingerprint density at radius 2 is 2.22 bits per heavy atom. The second-order valence-electron chi connectivity index (χ2n) is 6.99. The Bertz CT molecular complexity index is 764. The van der Waals surface area contributed by atoms with E-state index in [1.165, 1.54) is 12.8 Å². The average molecular weight is 407 g/mol. The van der Waals surface area contributed by atoms with Crippen molar-refractivity contribution in [2.24, 2.45) is 5.92 Å². The van der Waals surface area contributed by atoms with Crippen LogP contribution in [0.1, 0.15) is 31.5 Å². The van der Waals surface area contributed by atoms with E-state index >= 15 is 0 Å². The molecule has 0 spiro atoms. The second kappa shape index (κ2) is 10.3. The van der Waals surface area contributed by atoms with Gasteiger partial charge in [-0.1, -0.05) is 41.6 Å². The average Bonchev–Trinajstić information content (AvgIpc) is 3.05. The lowest BCUT2D eigenvalue weighted by molar-refractivity contribution is 0.252. The van der Waals surface area contributed by atoms with Crippen molar-refractivity contribution >= 4 is 23.4 Å². The summed E-state index contributed by atoms with van der Waals surface area (Å²) in [6, 6.07) is 7.79. The highest BCUT2D eigenvalue weighted by atomic mass is 35.5. The molecule has 0 unspecified atom stereocenters. The first-order chi connectivity index (χ1) is 13.2. The number of nitrogens with zero attached hydrogens (tertiary/aromatic N) is 4. The smallest absolute Gasteiger partial charge is 0.195 e. The lowest BCUT2D eigenvalue weighted by Crippen LogP contribution is -2.27. The molecular weight excluding hydrogens is 380 g/mol. The van der Waals surface area contributed by atoms with Gasteiger partial charge in [-0.15, -0.1) is 10.2 Å². The SMILES string of the molecule is CN(Cc1nnc(SCCCO)n1-c1cccc(Cl)c1)C[C@H]1CC=CCC1. The van der Waals surface area contributed by atoms with Crippen LogP contribution in [0.4, 0.5) is 0 Å². The van der Waals surface area contributed by atoms with Crippen molar-refractivity contribution in [1.29, 1.82) is 0 Å². The number of allylic oxidation sites excluding steroid dienone is 2. The molecule has 1 aliphatic carbocycles. The van der Waals surface area contributed by atoms with E-state index in [1.54, 1.807) is 11.8 Å². The molecule has 1 heterocycles. The summed E-state index contributed by atoms with van der Waals surface area (Å²) in [5.41, 5.74) is 0.975. The molecule has 0 aliphatic heterocycles. The third kappa shape index (κ3) is 5.82. The van der Waals surface area contributed by atoms with Gasteiger partial charge in [0.2, 0.25) is 0 Å². The van der Waals surface area contributed by atoms with Crippen LogP contribution in [0.3, 0.4) is 0 Å². The maximum absolute atomic E-state index is 9.06. The minimum Gasteiger partial charge on any atom is -0.396 e. The van der Waals surface area contributed by atoms with Crippen molar-refractivity contribution in [2.45, 2.75) is 37.4 Å². The summed E-state index contributed by atoms with van der Waals surface area (Å²) in [5, 5.41) is 19.5. The summed E-state index contributed by atoms with van der Waals surface area (Å²) in [7, 11) is 2.15. The Hall–Kier alpha value is -1.34. The van der Waals surface area contributed by atoms with Crippen molar-refractivity contribution in [3.05, 3.63) is 47.3 Å². The molecule has 5 nitrogen and oxygen atoms in total. The largest absolute Gasteiger partial charge is 0.396 e. The standard InChI is InChI=1S/C20H27ClN4OS/c1-24(14-16-7-3-2-4-8-16)15-19-22-23-20(27-12-6-11-26)25(19)18-10-5-9-17(21)13-18/h2-3,5,9-10,13,16,26H,4,6-8,11-12,14-15H2,1H3/t16-/m0/s1. The number of halogens is 1. The first kappa shape index (κ1) is 20.4. The Morgan fingerprint density at radius 1 is 1.33 bits per heavy atom. The van der Waals surface area contributed by atoms with E-state index in [0.29, 0.717) is 10.9 Å². The highest BCUT2D eigenvalue weighted by Crippen LogP contribution is 2.25. The third-order valence-electron chi connectivity index (χ3n) is 4.66. The van der Waals surface area contributed by atoms with E-state index < -0.39 is 0 Å². The second-order valence-corrected chi connectivity index (χ2v) is 8.49. The molecule has 27 heavy (non-hydrogen) atoms. The monoisotopic (exact) mass is 406 g/mol. The van der Waals surface area contributed by atoms with E-state index in [1.807, 2.05) is 24.3 Å². The molecule has 2 aromatic rings. The molecule has 1 aromatic heterocycles. The molecule has 1 atom stereocenters. The van der Waals surface area contributed by atoms with E-state index in [-0.39, 0.29) is 6.61 Å². The van der Waals surface area contributed by atoms with Crippen LogP contribution in [0.15, 0.2) is 41.6 Å². The molecule has 3 rings (SSSR count). The Labute approximate surface area is 170 Å². The fourth-order valence-corrected chi connectivity index (χ4v) is 4.45. The maximum Gasteiger partial charge on any atom is 0.195 e. The number of aliphatic hydroxyl groups is 1. The topological polar surface area (TPSA) is 54.2 Å². The van der Waals surface area contributed by atoms with Crippen LogP contribution in [-0.2, 0) is 6.54 Å². The van der Waals surface area contributed by atoms with Gasteiger partial charge in [0.1, 0.15) is 0 Å². The van der Waals surface area contributed by atoms with Gasteiger partial charge >= 0.3 is 0 Å². The van der Waals surface area contributed by atoms with Crippen LogP contribution in [0, 0.1) is 5.92 Å². The van der Waals surface area contributed by atoms with Gasteiger partial charge < -0.3 is 5.11 Å². The van der Waals surface area contributed by atoms with Gasteiger partial charge in [-0.25, -0.2) is 0 Å². The summed E-state index contributed by atoms with van der Waals surface area (Å²) >= 11 is 7.83. The molecule has 1 N–H and O–H groups in total. The fraction of sp³-hybridized carbons (Fsp3) is 0.500. The van der Waals surface area contributed by atoms with Crippen molar-refractivity contribution in [3.8, 4) is 5.69 Å². The Balaban J connectivity index is 1.77. The normalized spacial score (nSPS) is 17.0. The number of hydrogen-bond acceptors (Lipinski definition) is 5. The molecule has 1 aliphatic rings. The molecule has 0 radical (unpaired) electrons. The highest BCUT2D eigenvalue weighted by molar-refractivity contribution is 7.99. The number of thioether (sulfide) groups is 1. The van der Waals surface area contributed by atoms with E-state index in [0.717, 1.165) is 48.4 Å². The molecule has 7 heteroatoms. The number of rotatable bonds is 9. The van der Waals surface area contributed by atoms with Gasteiger partial charge in [-0.2, -0.15) is 0 Å². The summed E-state index contributed by atoms with van der Waals surface area (Å²) in [6.45, 7) is 1.98. The minimum atomic E-state index is 0.184. The molecule has 0 saturated carbocycles. The van der Waals surface area contributed by atoms with Gasteiger partial charge in [0.25, 0.3) is 0 Å². The zero-order valence-electron chi connectivity index (χ0n) is 15.7. The van der Waals surface area contributed by atoms with Crippen LogP contribution in [0.2, 0.25) is 5.02 Å². The molecule has 1 aromatic carbocycles. The van der Waals surface area contributed by atoms with Crippen LogP contribution < -0.4 is 0 Å². The molecule has 0 saturated heterocycles. The number of hydrogen-bond donors (Lipinski definition) is 1. The van der Waals surface area contributed by atoms with Crippen molar-refractivity contribution in [2.75, 3.05) is 26.0 Å². The highest BCUT2D eigenvalue weighted by Gasteiger charge is 2.18. The fourth-order valence-electron chi connectivity index (χ4n) is 3.37. The maximum atomic E-state index is 9.06. The summed E-state index contributed by atoms with van der Waals surface area (Å²) < 4.78 is 2.09. The van der Waals surface area contributed by atoms with Gasteiger partial charge in [-0.3, -0.25) is 9.47 Å². The quantitative estimate of drug-likeness (QED) is 0.384. The molecule has 146 valence electrons. The lowest BCUT2D eigenvalue weighted by atomic mass is 9.94. The number of aromatic nitrogens is 3. The minimum absolute atomic E-state index is 0.184. The van der Waals surface area contributed by atoms with Crippen LogP contribution in [-0.4, -0.2) is 50.7 Å². The molecule has 0 amide bonds. The van der Waals surface area contributed by atoms with Gasteiger partial charge in [0.15, 0.2) is 11.0 Å². The van der Waals surface area contributed by atoms with Crippen LogP contribution >= 0.6 is 23.4 Å². The zero-order valence-corrected chi connectivity index (χ0v) is 17.3. The van der Waals surface area contributed by atoms with Gasteiger partial charge in [-0.05, 0) is 56.8 Å². The van der Waals surface area contributed by atoms with Crippen molar-refractivity contribution < 1.29 is 5.11 Å². The first-order valence-corrected chi connectivity index (χ1v) is 10.8. The summed E-state index contributed by atoms with van der Waals surface area (Å²) in [4.78, 5) is 2.33. The zero-order chi connectivity index (χ0) is 19.1. The van der Waals surface area contributed by atoms with Crippen molar-refractivity contribution in [3.63, 3.8) is 0 Å². The Kier molecular flexibility index (Phi) is 7.76. The Morgan fingerprint density at radius 3 is 2.96 bits per heavy atom. The van der Waals surface area contributed by atoms with Crippen LogP contribution in [0.25, 0.3) is 5.69 Å². The third-order valence-corrected chi connectivity index (χ3v) is 5.91. The van der Waals surface area contributed by atoms with Gasteiger partial charge in [0, 0.05) is 23.9 Å². The molecular formula is C20H27ClN4OS. The van der Waals surface area contributed by atoms with E-state index in [9.17, 15) is 0 Å². The van der Waals surface area contributed by atoms with Crippen LogP contribution in [0.5, 0.6) is 0 Å². The number of benzene rings is 1. The van der Waals surface area contributed by atoms with E-state index in [4.69, 9.17) is 16.7 Å². The van der Waals surface area contributed by atoms with Crippen molar-refractivity contribution in [1.82, 2.24) is 19.7 Å². The van der Waals surface area contributed by atoms with E-state index in [2.05, 4.69) is 38.9 Å². The summed E-state index contributed by atoms with van der Waals surface area (Å²) in [6.07, 6.45) is 8.91. The first-order valence-electron chi connectivity index (χ1n) is 9.45. The molecule has 0 bridgehead atoms. The lowest BCUT2D eigenvalue weighted by Gasteiger charge is -2.24. The summed E-state index contributed by atoms with van der Waals surface area (Å²) in [5.74, 6) is 2.43. The predicted octanol–water partition coefficient (Wildman–Crippen LogP) is 4.18. The predicted molar refractivity (Wildman–Crippen MR) is 112 cm³/mol. The number of aliphatic hydroxyl groups excluding tert-OH is 1. The van der Waals surface area contributed by atoms with Gasteiger partial charge in [0.05, 0.1) is 12.2 Å².